The second-order valence-electron chi connectivity index (χ2n) is 5.18. The lowest BCUT2D eigenvalue weighted by molar-refractivity contribution is 0.0703. The molecule has 20 heavy (non-hydrogen) atoms. The van der Waals surface area contributed by atoms with E-state index in [0.717, 1.165) is 36.0 Å². The van der Waals surface area contributed by atoms with Crippen molar-refractivity contribution in [3.63, 3.8) is 0 Å². The third-order valence-electron chi connectivity index (χ3n) is 3.81. The van der Waals surface area contributed by atoms with Crippen molar-refractivity contribution in [1.82, 2.24) is 4.90 Å². The lowest BCUT2D eigenvalue weighted by atomic mass is 9.99. The molecule has 0 aliphatic carbocycles. The number of carbonyl (C=O) groups is 1. The van der Waals surface area contributed by atoms with Crippen LogP contribution in [0.5, 0.6) is 0 Å². The normalized spacial score (nSPS) is 16.8. The average molecular weight is 312 g/mol. The monoisotopic (exact) mass is 311 g/mol. The van der Waals surface area contributed by atoms with Crippen LogP contribution in [0.25, 0.3) is 10.1 Å². The molecule has 0 unspecified atom stereocenters. The summed E-state index contributed by atoms with van der Waals surface area (Å²) in [6.07, 6.45) is 1.93. The van der Waals surface area contributed by atoms with Crippen molar-refractivity contribution < 1.29 is 9.18 Å². The number of nitrogens with zero attached hydrogens (tertiary/aromatic N) is 1. The summed E-state index contributed by atoms with van der Waals surface area (Å²) in [5.74, 6) is 0.989. The van der Waals surface area contributed by atoms with Gasteiger partial charge in [0.05, 0.1) is 4.88 Å². The topological polar surface area (TPSA) is 20.3 Å². The summed E-state index contributed by atoms with van der Waals surface area (Å²) in [4.78, 5) is 15.0. The maximum Gasteiger partial charge on any atom is 0.263 e. The highest BCUT2D eigenvalue weighted by molar-refractivity contribution is 7.20. The van der Waals surface area contributed by atoms with Crippen molar-refractivity contribution in [1.29, 1.82) is 0 Å². The molecule has 1 saturated heterocycles. The number of rotatable bonds is 2. The van der Waals surface area contributed by atoms with Gasteiger partial charge in [-0.05, 0) is 42.3 Å². The lowest BCUT2D eigenvalue weighted by Crippen LogP contribution is -2.38. The number of thiophene rings is 1. The highest BCUT2D eigenvalue weighted by atomic mass is 35.5. The fourth-order valence-electron chi connectivity index (χ4n) is 2.56. The second-order valence-corrected chi connectivity index (χ2v) is 6.58. The first-order valence-electron chi connectivity index (χ1n) is 6.71. The largest absolute Gasteiger partial charge is 0.338 e. The number of carbonyl (C=O) groups excluding carboxylic acids is 1. The number of benzene rings is 1. The number of likely N-dealkylation sites (tertiary alicyclic amines) is 1. The van der Waals surface area contributed by atoms with Gasteiger partial charge in [-0.3, -0.25) is 4.79 Å². The van der Waals surface area contributed by atoms with Crippen molar-refractivity contribution in [2.45, 2.75) is 12.8 Å². The number of fused-ring (bicyclic) bond motifs is 1. The van der Waals surface area contributed by atoms with Gasteiger partial charge in [0.25, 0.3) is 5.91 Å². The molecule has 2 heterocycles. The number of hydrogen-bond acceptors (Lipinski definition) is 2. The van der Waals surface area contributed by atoms with Gasteiger partial charge in [-0.25, -0.2) is 4.39 Å². The Morgan fingerprint density at radius 2 is 2.10 bits per heavy atom. The maximum atomic E-state index is 13.2. The number of piperidine rings is 1. The minimum Gasteiger partial charge on any atom is -0.338 e. The van der Waals surface area contributed by atoms with Gasteiger partial charge in [-0.1, -0.05) is 6.07 Å². The van der Waals surface area contributed by atoms with E-state index in [1.165, 1.54) is 23.5 Å². The molecular weight excluding hydrogens is 297 g/mol. The molecule has 0 saturated carbocycles. The van der Waals surface area contributed by atoms with E-state index in [1.54, 1.807) is 6.07 Å². The van der Waals surface area contributed by atoms with Crippen molar-refractivity contribution in [2.24, 2.45) is 5.92 Å². The molecule has 1 fully saturated rings. The summed E-state index contributed by atoms with van der Waals surface area (Å²) in [7, 11) is 0. The molecule has 2 aromatic rings. The first-order valence-corrected chi connectivity index (χ1v) is 8.07. The fourth-order valence-corrected chi connectivity index (χ4v) is 3.92. The van der Waals surface area contributed by atoms with E-state index >= 15 is 0 Å². The smallest absolute Gasteiger partial charge is 0.263 e. The minimum atomic E-state index is -0.263. The minimum absolute atomic E-state index is 0.0552. The average Bonchev–Trinajstić information content (AvgIpc) is 2.89. The van der Waals surface area contributed by atoms with Crippen LogP contribution in [0, 0.1) is 11.7 Å². The quantitative estimate of drug-likeness (QED) is 0.764. The Morgan fingerprint density at radius 3 is 2.80 bits per heavy atom. The zero-order chi connectivity index (χ0) is 14.1. The van der Waals surface area contributed by atoms with Crippen LogP contribution in [-0.2, 0) is 0 Å². The summed E-state index contributed by atoms with van der Waals surface area (Å²) in [5, 5.41) is 0.926. The molecule has 0 bridgehead atoms. The molecular formula is C15H15ClFNOS. The Morgan fingerprint density at radius 1 is 1.35 bits per heavy atom. The molecule has 0 spiro atoms. The molecule has 1 aliphatic heterocycles. The highest BCUT2D eigenvalue weighted by Crippen LogP contribution is 2.28. The van der Waals surface area contributed by atoms with Crippen LogP contribution in [0.3, 0.4) is 0 Å². The molecule has 0 N–H and O–H groups in total. The maximum absolute atomic E-state index is 13.2. The summed E-state index contributed by atoms with van der Waals surface area (Å²) in [6.45, 7) is 1.53. The SMILES string of the molecule is O=C(c1cc2ccc(F)cc2s1)N1CCC(CCl)CC1. The summed E-state index contributed by atoms with van der Waals surface area (Å²) >= 11 is 7.22. The number of hydrogen-bond donors (Lipinski definition) is 0. The predicted octanol–water partition coefficient (Wildman–Crippen LogP) is 4.13. The predicted molar refractivity (Wildman–Crippen MR) is 81.1 cm³/mol. The highest BCUT2D eigenvalue weighted by Gasteiger charge is 2.24. The summed E-state index contributed by atoms with van der Waals surface area (Å²) in [5.41, 5.74) is 0. The van der Waals surface area contributed by atoms with Crippen LogP contribution >= 0.6 is 22.9 Å². The van der Waals surface area contributed by atoms with Gasteiger partial charge in [0.15, 0.2) is 0 Å². The molecule has 1 aromatic heterocycles. The van der Waals surface area contributed by atoms with Crippen LogP contribution in [-0.4, -0.2) is 29.8 Å². The van der Waals surface area contributed by atoms with Gasteiger partial charge in [0.1, 0.15) is 5.82 Å². The second kappa shape index (κ2) is 5.70. The Hall–Kier alpha value is -1.13. The molecule has 106 valence electrons. The number of amides is 1. The van der Waals surface area contributed by atoms with Gasteiger partial charge in [0.2, 0.25) is 0 Å². The van der Waals surface area contributed by atoms with Crippen LogP contribution in [0.15, 0.2) is 24.3 Å². The van der Waals surface area contributed by atoms with Gasteiger partial charge < -0.3 is 4.90 Å². The van der Waals surface area contributed by atoms with E-state index in [0.29, 0.717) is 16.7 Å². The van der Waals surface area contributed by atoms with Gasteiger partial charge in [-0.15, -0.1) is 22.9 Å². The number of halogens is 2. The van der Waals surface area contributed by atoms with E-state index in [-0.39, 0.29) is 11.7 Å². The van der Waals surface area contributed by atoms with Crippen LogP contribution < -0.4 is 0 Å². The molecule has 1 aliphatic rings. The van der Waals surface area contributed by atoms with Crippen molar-refractivity contribution in [3.8, 4) is 0 Å². The van der Waals surface area contributed by atoms with Crippen LogP contribution in [0.4, 0.5) is 4.39 Å². The first-order chi connectivity index (χ1) is 9.67. The third kappa shape index (κ3) is 2.67. The van der Waals surface area contributed by atoms with Gasteiger partial charge >= 0.3 is 0 Å². The van der Waals surface area contributed by atoms with Crippen molar-refractivity contribution in [2.75, 3.05) is 19.0 Å². The Bertz CT molecular complexity index is 634. The lowest BCUT2D eigenvalue weighted by Gasteiger charge is -2.30. The molecule has 1 aromatic carbocycles. The molecule has 0 radical (unpaired) electrons. The fraction of sp³-hybridized carbons (Fsp3) is 0.400. The molecule has 3 rings (SSSR count). The number of alkyl halides is 1. The Balaban J connectivity index is 1.79. The summed E-state index contributed by atoms with van der Waals surface area (Å²) < 4.78 is 14.0. The van der Waals surface area contributed by atoms with Crippen LogP contribution in [0.2, 0.25) is 0 Å². The third-order valence-corrected chi connectivity index (χ3v) is 5.34. The van der Waals surface area contributed by atoms with Crippen molar-refractivity contribution >= 4 is 38.9 Å². The Labute approximate surface area is 126 Å². The van der Waals surface area contributed by atoms with E-state index < -0.39 is 0 Å². The molecule has 2 nitrogen and oxygen atoms in total. The van der Waals surface area contributed by atoms with Gasteiger partial charge in [-0.2, -0.15) is 0 Å². The van der Waals surface area contributed by atoms with Gasteiger partial charge in [0, 0.05) is 23.7 Å². The summed E-state index contributed by atoms with van der Waals surface area (Å²) in [6, 6.07) is 6.48. The van der Waals surface area contributed by atoms with Crippen LogP contribution in [0.1, 0.15) is 22.5 Å². The Kier molecular flexibility index (Phi) is 3.94. The molecule has 5 heteroatoms. The zero-order valence-corrected chi connectivity index (χ0v) is 12.5. The van der Waals surface area contributed by atoms with Crippen molar-refractivity contribution in [3.05, 3.63) is 35.0 Å². The molecule has 1 amide bonds. The standard InChI is InChI=1S/C15H15ClFNOS/c16-9-10-3-5-18(6-4-10)15(19)14-7-11-1-2-12(17)8-13(11)20-14/h1-2,7-8,10H,3-6,9H2. The van der Waals surface area contributed by atoms with E-state index in [4.69, 9.17) is 11.6 Å². The first kappa shape index (κ1) is 13.8. The van der Waals surface area contributed by atoms with E-state index in [9.17, 15) is 9.18 Å². The zero-order valence-electron chi connectivity index (χ0n) is 10.9. The van der Waals surface area contributed by atoms with E-state index in [1.807, 2.05) is 11.0 Å². The molecule has 0 atom stereocenters. The van der Waals surface area contributed by atoms with E-state index in [2.05, 4.69) is 0 Å².